The van der Waals surface area contributed by atoms with Gasteiger partial charge in [-0.15, -0.1) is 11.8 Å². The Morgan fingerprint density at radius 2 is 1.75 bits per heavy atom. The van der Waals surface area contributed by atoms with Crippen LogP contribution in [-0.2, 0) is 0 Å². The molecular weight excluding hydrogens is 330 g/mol. The molecule has 3 heteroatoms. The molecule has 0 spiro atoms. The number of thioether (sulfide) groups is 1. The second-order valence-electron chi connectivity index (χ2n) is 5.08. The van der Waals surface area contributed by atoms with E-state index in [1.165, 1.54) is 27.3 Å². The Labute approximate surface area is 134 Å². The minimum Gasteiger partial charge on any atom is -0.377 e. The van der Waals surface area contributed by atoms with Crippen molar-refractivity contribution in [3.63, 3.8) is 0 Å². The SMILES string of the molecule is CSc1ccc(C(C)Nc2c(C)cc(C)cc2Br)cc1. The van der Waals surface area contributed by atoms with Gasteiger partial charge in [0.25, 0.3) is 0 Å². The minimum atomic E-state index is 0.281. The summed E-state index contributed by atoms with van der Waals surface area (Å²) < 4.78 is 1.13. The third-order valence-corrected chi connectivity index (χ3v) is 4.78. The number of hydrogen-bond acceptors (Lipinski definition) is 2. The van der Waals surface area contributed by atoms with Crippen molar-refractivity contribution in [2.24, 2.45) is 0 Å². The van der Waals surface area contributed by atoms with Crippen LogP contribution in [-0.4, -0.2) is 6.26 Å². The molecular formula is C17H20BrNS. The first-order chi connectivity index (χ1) is 9.51. The summed E-state index contributed by atoms with van der Waals surface area (Å²) in [5, 5.41) is 3.61. The molecule has 1 nitrogen and oxygen atoms in total. The van der Waals surface area contributed by atoms with Gasteiger partial charge in [0.15, 0.2) is 0 Å². The normalized spacial score (nSPS) is 12.2. The molecule has 0 saturated carbocycles. The quantitative estimate of drug-likeness (QED) is 0.683. The summed E-state index contributed by atoms with van der Waals surface area (Å²) in [6, 6.07) is 13.4. The predicted octanol–water partition coefficient (Wildman–Crippen LogP) is 5.96. The second-order valence-corrected chi connectivity index (χ2v) is 6.81. The van der Waals surface area contributed by atoms with Gasteiger partial charge in [0.1, 0.15) is 0 Å². The van der Waals surface area contributed by atoms with E-state index in [4.69, 9.17) is 0 Å². The lowest BCUT2D eigenvalue weighted by Gasteiger charge is -2.19. The van der Waals surface area contributed by atoms with Gasteiger partial charge in [0, 0.05) is 15.4 Å². The maximum absolute atomic E-state index is 3.66. The molecule has 0 aliphatic carbocycles. The fourth-order valence-electron chi connectivity index (χ4n) is 2.29. The van der Waals surface area contributed by atoms with Gasteiger partial charge in [-0.1, -0.05) is 18.2 Å². The molecule has 1 atom stereocenters. The highest BCUT2D eigenvalue weighted by Crippen LogP contribution is 2.31. The molecule has 0 heterocycles. The number of benzene rings is 2. The van der Waals surface area contributed by atoms with Crippen LogP contribution in [0.2, 0.25) is 0 Å². The van der Waals surface area contributed by atoms with Crippen LogP contribution in [0.3, 0.4) is 0 Å². The number of nitrogens with one attached hydrogen (secondary N) is 1. The van der Waals surface area contributed by atoms with E-state index in [9.17, 15) is 0 Å². The Morgan fingerprint density at radius 3 is 2.30 bits per heavy atom. The summed E-state index contributed by atoms with van der Waals surface area (Å²) in [6.07, 6.45) is 2.10. The van der Waals surface area contributed by atoms with Crippen LogP contribution < -0.4 is 5.32 Å². The van der Waals surface area contributed by atoms with Gasteiger partial charge in [0.05, 0.1) is 5.69 Å². The van der Waals surface area contributed by atoms with Crippen molar-refractivity contribution in [3.8, 4) is 0 Å². The van der Waals surface area contributed by atoms with E-state index >= 15 is 0 Å². The van der Waals surface area contributed by atoms with Gasteiger partial charge in [-0.3, -0.25) is 0 Å². The molecule has 20 heavy (non-hydrogen) atoms. The van der Waals surface area contributed by atoms with Crippen LogP contribution in [0.1, 0.15) is 29.7 Å². The molecule has 0 aliphatic rings. The average Bonchev–Trinajstić information content (AvgIpc) is 2.42. The van der Waals surface area contributed by atoms with Crippen LogP contribution in [0, 0.1) is 13.8 Å². The summed E-state index contributed by atoms with van der Waals surface area (Å²) in [7, 11) is 0. The van der Waals surface area contributed by atoms with Crippen molar-refractivity contribution in [3.05, 3.63) is 57.6 Å². The molecule has 0 saturated heterocycles. The van der Waals surface area contributed by atoms with Crippen molar-refractivity contribution >= 4 is 33.4 Å². The monoisotopic (exact) mass is 349 g/mol. The van der Waals surface area contributed by atoms with Crippen molar-refractivity contribution in [2.45, 2.75) is 31.7 Å². The lowest BCUT2D eigenvalue weighted by Crippen LogP contribution is -2.08. The Balaban J connectivity index is 2.20. The van der Waals surface area contributed by atoms with Crippen molar-refractivity contribution in [1.82, 2.24) is 0 Å². The van der Waals surface area contributed by atoms with Gasteiger partial charge in [0.2, 0.25) is 0 Å². The van der Waals surface area contributed by atoms with Crippen LogP contribution in [0.5, 0.6) is 0 Å². The lowest BCUT2D eigenvalue weighted by molar-refractivity contribution is 0.879. The molecule has 2 aromatic carbocycles. The number of rotatable bonds is 4. The topological polar surface area (TPSA) is 12.0 Å². The largest absolute Gasteiger partial charge is 0.377 e. The van der Waals surface area contributed by atoms with E-state index in [2.05, 4.69) is 84.7 Å². The third kappa shape index (κ3) is 3.58. The summed E-state index contributed by atoms with van der Waals surface area (Å²) in [6.45, 7) is 6.45. The van der Waals surface area contributed by atoms with E-state index in [-0.39, 0.29) is 6.04 Å². The summed E-state index contributed by atoms with van der Waals surface area (Å²) in [4.78, 5) is 1.30. The van der Waals surface area contributed by atoms with Gasteiger partial charge >= 0.3 is 0 Å². The van der Waals surface area contributed by atoms with E-state index in [0.717, 1.165) is 4.47 Å². The lowest BCUT2D eigenvalue weighted by atomic mass is 10.1. The van der Waals surface area contributed by atoms with Crippen molar-refractivity contribution in [2.75, 3.05) is 11.6 Å². The summed E-state index contributed by atoms with van der Waals surface area (Å²) in [5.74, 6) is 0. The number of anilines is 1. The van der Waals surface area contributed by atoms with Crippen molar-refractivity contribution in [1.29, 1.82) is 0 Å². The molecule has 1 N–H and O–H groups in total. The molecule has 0 fully saturated rings. The smallest absolute Gasteiger partial charge is 0.0519 e. The van der Waals surface area contributed by atoms with Gasteiger partial charge in [-0.05, 0) is 77.8 Å². The maximum atomic E-state index is 3.66. The maximum Gasteiger partial charge on any atom is 0.0519 e. The average molecular weight is 350 g/mol. The number of hydrogen-bond donors (Lipinski definition) is 1. The van der Waals surface area contributed by atoms with Crippen LogP contribution in [0.15, 0.2) is 45.8 Å². The predicted molar refractivity (Wildman–Crippen MR) is 93.9 cm³/mol. The van der Waals surface area contributed by atoms with E-state index in [1.807, 2.05) is 0 Å². The first-order valence-electron chi connectivity index (χ1n) is 6.68. The number of aryl methyl sites for hydroxylation is 2. The van der Waals surface area contributed by atoms with Gasteiger partial charge in [-0.25, -0.2) is 0 Å². The highest BCUT2D eigenvalue weighted by atomic mass is 79.9. The molecule has 0 bridgehead atoms. The number of halogens is 1. The Hall–Kier alpha value is -0.930. The zero-order valence-corrected chi connectivity index (χ0v) is 14.7. The summed E-state index contributed by atoms with van der Waals surface area (Å²) in [5.41, 5.74) is 5.02. The first kappa shape index (κ1) is 15.5. The Morgan fingerprint density at radius 1 is 1.10 bits per heavy atom. The van der Waals surface area contributed by atoms with E-state index in [0.29, 0.717) is 0 Å². The molecule has 0 aliphatic heterocycles. The molecule has 0 aromatic heterocycles. The second kappa shape index (κ2) is 6.68. The molecule has 1 unspecified atom stereocenters. The first-order valence-corrected chi connectivity index (χ1v) is 8.70. The highest BCUT2D eigenvalue weighted by Gasteiger charge is 2.10. The standard InChI is InChI=1S/C17H20BrNS/c1-11-9-12(2)17(16(18)10-11)19-13(3)14-5-7-15(20-4)8-6-14/h5-10,13,19H,1-4H3. The van der Waals surface area contributed by atoms with Crippen LogP contribution >= 0.6 is 27.7 Å². The molecule has 2 aromatic rings. The van der Waals surface area contributed by atoms with Crippen LogP contribution in [0.4, 0.5) is 5.69 Å². The molecule has 0 radical (unpaired) electrons. The highest BCUT2D eigenvalue weighted by molar-refractivity contribution is 9.10. The Bertz CT molecular complexity index is 569. The fraction of sp³-hybridized carbons (Fsp3) is 0.294. The van der Waals surface area contributed by atoms with Crippen molar-refractivity contribution < 1.29 is 0 Å². The molecule has 106 valence electrons. The van der Waals surface area contributed by atoms with Crippen LogP contribution in [0.25, 0.3) is 0 Å². The van der Waals surface area contributed by atoms with Gasteiger partial charge in [-0.2, -0.15) is 0 Å². The zero-order chi connectivity index (χ0) is 14.7. The third-order valence-electron chi connectivity index (χ3n) is 3.41. The van der Waals surface area contributed by atoms with E-state index < -0.39 is 0 Å². The zero-order valence-electron chi connectivity index (χ0n) is 12.3. The Kier molecular flexibility index (Phi) is 5.17. The van der Waals surface area contributed by atoms with E-state index in [1.54, 1.807) is 11.8 Å². The molecule has 0 amide bonds. The minimum absolute atomic E-state index is 0.281. The fourth-order valence-corrected chi connectivity index (χ4v) is 3.49. The molecule has 2 rings (SSSR count). The van der Waals surface area contributed by atoms with Gasteiger partial charge < -0.3 is 5.32 Å². The summed E-state index contributed by atoms with van der Waals surface area (Å²) >= 11 is 5.43.